The van der Waals surface area contributed by atoms with Gasteiger partial charge in [0.15, 0.2) is 0 Å². The summed E-state index contributed by atoms with van der Waals surface area (Å²) in [7, 11) is -8.90. The van der Waals surface area contributed by atoms with E-state index in [0.29, 0.717) is 6.42 Å². The van der Waals surface area contributed by atoms with Crippen molar-refractivity contribution in [3.8, 4) is 0 Å². The summed E-state index contributed by atoms with van der Waals surface area (Å²) in [5.41, 5.74) is 0. The molecule has 0 spiro atoms. The molecule has 0 aliphatic rings. The van der Waals surface area contributed by atoms with E-state index >= 15 is 0 Å². The van der Waals surface area contributed by atoms with E-state index in [-0.39, 0.29) is 90.4 Å². The van der Waals surface area contributed by atoms with Gasteiger partial charge in [0.25, 0.3) is 0 Å². The Balaban J connectivity index is -0.0000000865. The quantitative estimate of drug-likeness (QED) is 0.0894. The average molecular weight is 627 g/mol. The molecule has 8 nitrogen and oxygen atoms in total. The normalized spacial score (nSPS) is 10.8. The monoisotopic (exact) mass is 626 g/mol. The van der Waals surface area contributed by atoms with Gasteiger partial charge in [0, 0.05) is 0 Å². The van der Waals surface area contributed by atoms with Gasteiger partial charge >= 0.3 is 102 Å². The molecule has 0 aliphatic heterocycles. The Morgan fingerprint density at radius 1 is 0.474 bits per heavy atom. The first-order valence-electron chi connectivity index (χ1n) is 14.3. The van der Waals surface area contributed by atoms with Crippen LogP contribution in [0.25, 0.3) is 0 Å². The molecule has 0 aromatic rings. The van der Waals surface area contributed by atoms with Crippen LogP contribution in [0.4, 0.5) is 0 Å². The van der Waals surface area contributed by atoms with Crippen LogP contribution in [0.2, 0.25) is 0 Å². The molecular weight excluding hydrogens is 567 g/mol. The zero-order valence-electron chi connectivity index (χ0n) is 27.5. The molecule has 0 aliphatic carbocycles. The Kier molecular flexibility index (Phi) is 51.8. The van der Waals surface area contributed by atoms with Crippen molar-refractivity contribution in [2.24, 2.45) is 0 Å². The molecule has 0 fully saturated rings. The first-order chi connectivity index (χ1) is 17.0. The van der Waals surface area contributed by atoms with Crippen LogP contribution in [0.1, 0.15) is 165 Å². The summed E-state index contributed by atoms with van der Waals surface area (Å²) in [6.07, 6.45) is 29.3. The smallest absolute Gasteiger partial charge is 1.00 e. The minimum absolute atomic E-state index is 0. The molecule has 0 saturated heterocycles. The van der Waals surface area contributed by atoms with Gasteiger partial charge in [0.1, 0.15) is 0 Å². The van der Waals surface area contributed by atoms with E-state index in [9.17, 15) is 8.42 Å². The zero-order chi connectivity index (χ0) is 28.0. The third kappa shape index (κ3) is 71.5. The van der Waals surface area contributed by atoms with E-state index in [4.69, 9.17) is 22.1 Å². The molecule has 0 amide bonds. The van der Waals surface area contributed by atoms with Crippen molar-refractivity contribution in [1.29, 1.82) is 0 Å². The van der Waals surface area contributed by atoms with Crippen molar-refractivity contribution < 1.29 is 118 Å². The Hall–Kier alpha value is 2.38. The molecule has 0 aromatic heterocycles. The molecule has 0 rings (SSSR count). The third-order valence-electron chi connectivity index (χ3n) is 5.69. The SMILES string of the molecule is CCCCCCCCCCCCCC.CCCCCCCCCCCCOS(=O)(=O)O.O=S(=O)(O)O.[H-].[H-].[K+].[Na+]. The van der Waals surface area contributed by atoms with Crippen LogP contribution >= 0.6 is 0 Å². The second-order valence-electron chi connectivity index (χ2n) is 9.42. The van der Waals surface area contributed by atoms with Crippen LogP contribution in [-0.2, 0) is 25.0 Å². The van der Waals surface area contributed by atoms with Gasteiger partial charge in [0.2, 0.25) is 0 Å². The van der Waals surface area contributed by atoms with Crippen LogP contribution in [0, 0.1) is 0 Å². The minimum atomic E-state index is -4.67. The first kappa shape index (κ1) is 50.0. The molecule has 0 radical (unpaired) electrons. The van der Waals surface area contributed by atoms with Gasteiger partial charge in [0.05, 0.1) is 6.61 Å². The first-order valence-corrected chi connectivity index (χ1v) is 17.1. The largest absolute Gasteiger partial charge is 1.00 e. The Morgan fingerprint density at radius 2 is 0.658 bits per heavy atom. The molecular formula is C26H60KNaO8S2. The Labute approximate surface area is 304 Å². The maximum Gasteiger partial charge on any atom is 1.00 e. The van der Waals surface area contributed by atoms with Gasteiger partial charge in [-0.2, -0.15) is 16.8 Å². The minimum Gasteiger partial charge on any atom is -1.00 e. The Bertz CT molecular complexity index is 612. The molecule has 0 atom stereocenters. The summed E-state index contributed by atoms with van der Waals surface area (Å²) in [4.78, 5) is 0. The standard InChI is InChI=1S/C14H30.C12H26O4S.K.Na.H2O4S.2H/c1-3-5-7-9-11-13-14-12-10-8-6-4-2;1-2-3-4-5-6-7-8-9-10-11-12-16-17(13,14)15;;;1-5(2,3)4;;/h3-14H2,1-2H3;2-12H2,1H3,(H,13,14,15);;;(H2,1,2,3,4);;/q;;2*+1;;2*-1. The maximum atomic E-state index is 10.2. The molecule has 12 heteroatoms. The van der Waals surface area contributed by atoms with Crippen LogP contribution in [0.3, 0.4) is 0 Å². The molecule has 0 aromatic carbocycles. The summed E-state index contributed by atoms with van der Waals surface area (Å²) >= 11 is 0. The van der Waals surface area contributed by atoms with Gasteiger partial charge in [-0.3, -0.25) is 13.7 Å². The molecule has 0 unspecified atom stereocenters. The number of hydrogen-bond donors (Lipinski definition) is 3. The molecule has 0 saturated carbocycles. The third-order valence-corrected chi connectivity index (χ3v) is 6.15. The van der Waals surface area contributed by atoms with Gasteiger partial charge in [-0.1, -0.05) is 156 Å². The van der Waals surface area contributed by atoms with Crippen LogP contribution in [0.5, 0.6) is 0 Å². The topological polar surface area (TPSA) is 138 Å². The summed E-state index contributed by atoms with van der Waals surface area (Å²) in [6, 6.07) is 0. The number of unbranched alkanes of at least 4 members (excludes halogenated alkanes) is 20. The summed E-state index contributed by atoms with van der Waals surface area (Å²) < 4.78 is 64.6. The van der Waals surface area contributed by atoms with E-state index in [1.165, 1.54) is 122 Å². The average Bonchev–Trinajstić information content (AvgIpc) is 2.77. The van der Waals surface area contributed by atoms with Gasteiger partial charge < -0.3 is 2.85 Å². The van der Waals surface area contributed by atoms with E-state index < -0.39 is 20.8 Å². The van der Waals surface area contributed by atoms with Crippen LogP contribution < -0.4 is 80.9 Å². The molecule has 38 heavy (non-hydrogen) atoms. The van der Waals surface area contributed by atoms with Crippen LogP contribution in [-0.4, -0.2) is 37.1 Å². The molecule has 0 heterocycles. The van der Waals surface area contributed by atoms with E-state index in [1.54, 1.807) is 0 Å². The van der Waals surface area contributed by atoms with Gasteiger partial charge in [-0.25, -0.2) is 4.18 Å². The maximum absolute atomic E-state index is 10.2. The van der Waals surface area contributed by atoms with Crippen molar-refractivity contribution >= 4 is 20.8 Å². The summed E-state index contributed by atoms with van der Waals surface area (Å²) in [5, 5.41) is 0. The Morgan fingerprint density at radius 3 is 0.842 bits per heavy atom. The fraction of sp³-hybridized carbons (Fsp3) is 1.00. The van der Waals surface area contributed by atoms with Crippen molar-refractivity contribution in [2.45, 2.75) is 162 Å². The molecule has 3 N–H and O–H groups in total. The summed E-state index contributed by atoms with van der Waals surface area (Å²) in [5.74, 6) is 0. The van der Waals surface area contributed by atoms with Crippen molar-refractivity contribution in [3.05, 3.63) is 0 Å². The summed E-state index contributed by atoms with van der Waals surface area (Å²) in [6.45, 7) is 6.88. The fourth-order valence-corrected chi connectivity index (χ4v) is 4.00. The predicted molar refractivity (Wildman–Crippen MR) is 152 cm³/mol. The van der Waals surface area contributed by atoms with Crippen molar-refractivity contribution in [1.82, 2.24) is 0 Å². The second-order valence-corrected chi connectivity index (χ2v) is 11.4. The van der Waals surface area contributed by atoms with E-state index in [2.05, 4.69) is 25.0 Å². The second kappa shape index (κ2) is 39.4. The van der Waals surface area contributed by atoms with E-state index in [0.717, 1.165) is 12.8 Å². The van der Waals surface area contributed by atoms with E-state index in [1.807, 2.05) is 0 Å². The molecule has 226 valence electrons. The number of rotatable bonds is 23. The van der Waals surface area contributed by atoms with Gasteiger partial charge in [-0.15, -0.1) is 0 Å². The van der Waals surface area contributed by atoms with Crippen LogP contribution in [0.15, 0.2) is 0 Å². The predicted octanol–water partition coefficient (Wildman–Crippen LogP) is 3.01. The van der Waals surface area contributed by atoms with Crippen molar-refractivity contribution in [3.63, 3.8) is 0 Å². The molecule has 0 bridgehead atoms. The van der Waals surface area contributed by atoms with Crippen molar-refractivity contribution in [2.75, 3.05) is 6.61 Å². The van der Waals surface area contributed by atoms with Gasteiger partial charge in [-0.05, 0) is 6.42 Å². The zero-order valence-corrected chi connectivity index (χ0v) is 32.2. The fourth-order valence-electron chi connectivity index (χ4n) is 3.67. The number of hydrogen-bond acceptors (Lipinski definition) is 5.